The smallest absolute Gasteiger partial charge is 0.200 e. The van der Waals surface area contributed by atoms with Gasteiger partial charge in [0.05, 0.1) is 0 Å². The van der Waals surface area contributed by atoms with E-state index in [0.717, 1.165) is 6.54 Å². The van der Waals surface area contributed by atoms with E-state index in [4.69, 9.17) is 5.73 Å². The molecule has 11 heavy (non-hydrogen) atoms. The molecule has 0 saturated carbocycles. The lowest BCUT2D eigenvalue weighted by molar-refractivity contribution is 0.745. The molecule has 0 radical (unpaired) electrons. The molecule has 62 valence electrons. The van der Waals surface area contributed by atoms with Gasteiger partial charge in [0.15, 0.2) is 11.9 Å². The average molecular weight is 155 g/mol. The molecule has 0 fully saturated rings. The molecule has 0 spiro atoms. The summed E-state index contributed by atoms with van der Waals surface area (Å²) in [5.41, 5.74) is 5.46. The first-order chi connectivity index (χ1) is 5.22. The van der Waals surface area contributed by atoms with Gasteiger partial charge in [-0.3, -0.25) is 5.32 Å². The van der Waals surface area contributed by atoms with E-state index in [2.05, 4.69) is 20.6 Å². The number of guanidine groups is 2. The third-order valence-electron chi connectivity index (χ3n) is 1.23. The first kappa shape index (κ1) is 7.84. The lowest BCUT2D eigenvalue weighted by Gasteiger charge is -2.16. The Morgan fingerprint density at radius 1 is 1.64 bits per heavy atom. The standard InChI is InChI=1S/C6H13N5/c1-3-8-6-10-4(2)9-5(7)11-6/h4H,3H2,1-2H3,(H4,7,8,9,10,11). The second-order valence-corrected chi connectivity index (χ2v) is 2.28. The summed E-state index contributed by atoms with van der Waals surface area (Å²) in [7, 11) is 0. The highest BCUT2D eigenvalue weighted by atomic mass is 15.3. The van der Waals surface area contributed by atoms with Crippen molar-refractivity contribution in [3.05, 3.63) is 0 Å². The Kier molecular flexibility index (Phi) is 2.30. The van der Waals surface area contributed by atoms with Crippen molar-refractivity contribution in [3.63, 3.8) is 0 Å². The van der Waals surface area contributed by atoms with Crippen LogP contribution in [0.1, 0.15) is 13.8 Å². The van der Waals surface area contributed by atoms with Gasteiger partial charge in [0.2, 0.25) is 0 Å². The molecule has 0 aliphatic carbocycles. The molecule has 0 aromatic carbocycles. The largest absolute Gasteiger partial charge is 0.370 e. The van der Waals surface area contributed by atoms with Crippen molar-refractivity contribution >= 4 is 11.9 Å². The number of hydrogen-bond donors (Lipinski definition) is 3. The minimum Gasteiger partial charge on any atom is -0.370 e. The van der Waals surface area contributed by atoms with Gasteiger partial charge in [0.25, 0.3) is 0 Å². The summed E-state index contributed by atoms with van der Waals surface area (Å²) in [6, 6.07) is 0. The number of aliphatic imine (C=N–C) groups is 2. The number of hydrogen-bond acceptors (Lipinski definition) is 5. The SMILES string of the molecule is CCNC1=NC(C)N=C(N)N1. The molecule has 1 aliphatic rings. The highest BCUT2D eigenvalue weighted by Crippen LogP contribution is 1.94. The Hall–Kier alpha value is -1.26. The summed E-state index contributed by atoms with van der Waals surface area (Å²) >= 11 is 0. The fourth-order valence-electron chi connectivity index (χ4n) is 0.860. The van der Waals surface area contributed by atoms with Gasteiger partial charge in [-0.25, -0.2) is 9.98 Å². The highest BCUT2D eigenvalue weighted by molar-refractivity contribution is 5.99. The van der Waals surface area contributed by atoms with Gasteiger partial charge < -0.3 is 11.1 Å². The average Bonchev–Trinajstić information content (AvgIpc) is 1.85. The number of nitrogens with zero attached hydrogens (tertiary/aromatic N) is 2. The number of nitrogens with two attached hydrogens (primary N) is 1. The van der Waals surface area contributed by atoms with E-state index < -0.39 is 0 Å². The summed E-state index contributed by atoms with van der Waals surface area (Å²) in [6.45, 7) is 4.70. The van der Waals surface area contributed by atoms with Crippen LogP contribution in [0.3, 0.4) is 0 Å². The molecule has 0 aromatic rings. The monoisotopic (exact) mass is 155 g/mol. The Labute approximate surface area is 65.8 Å². The van der Waals surface area contributed by atoms with Crippen molar-refractivity contribution in [2.24, 2.45) is 15.7 Å². The molecule has 1 atom stereocenters. The van der Waals surface area contributed by atoms with E-state index in [1.807, 2.05) is 13.8 Å². The van der Waals surface area contributed by atoms with Gasteiger partial charge in [0.1, 0.15) is 6.17 Å². The first-order valence-corrected chi connectivity index (χ1v) is 3.64. The van der Waals surface area contributed by atoms with Crippen LogP contribution in [-0.4, -0.2) is 24.6 Å². The van der Waals surface area contributed by atoms with E-state index in [9.17, 15) is 0 Å². The van der Waals surface area contributed by atoms with E-state index in [-0.39, 0.29) is 6.17 Å². The van der Waals surface area contributed by atoms with Crippen molar-refractivity contribution in [1.29, 1.82) is 0 Å². The minimum absolute atomic E-state index is 0.0784. The van der Waals surface area contributed by atoms with Crippen molar-refractivity contribution in [2.75, 3.05) is 6.54 Å². The van der Waals surface area contributed by atoms with Crippen molar-refractivity contribution in [1.82, 2.24) is 10.6 Å². The fourth-order valence-corrected chi connectivity index (χ4v) is 0.860. The summed E-state index contributed by atoms with van der Waals surface area (Å²) in [4.78, 5) is 8.12. The zero-order valence-corrected chi connectivity index (χ0v) is 6.76. The predicted molar refractivity (Wildman–Crippen MR) is 45.3 cm³/mol. The van der Waals surface area contributed by atoms with Crippen LogP contribution in [0.25, 0.3) is 0 Å². The molecule has 0 saturated heterocycles. The van der Waals surface area contributed by atoms with Crippen molar-refractivity contribution in [2.45, 2.75) is 20.0 Å². The van der Waals surface area contributed by atoms with Gasteiger partial charge in [-0.2, -0.15) is 0 Å². The molecule has 5 nitrogen and oxygen atoms in total. The lowest BCUT2D eigenvalue weighted by Crippen LogP contribution is -2.47. The van der Waals surface area contributed by atoms with E-state index >= 15 is 0 Å². The van der Waals surface area contributed by atoms with Gasteiger partial charge in [0, 0.05) is 6.54 Å². The summed E-state index contributed by atoms with van der Waals surface area (Å²) in [5, 5.41) is 5.84. The van der Waals surface area contributed by atoms with Gasteiger partial charge in [-0.15, -0.1) is 0 Å². The Bertz CT molecular complexity index is 195. The summed E-state index contributed by atoms with van der Waals surface area (Å²) in [5.74, 6) is 1.12. The highest BCUT2D eigenvalue weighted by Gasteiger charge is 2.08. The maximum absolute atomic E-state index is 5.46. The topological polar surface area (TPSA) is 74.8 Å². The fraction of sp³-hybridized carbons (Fsp3) is 0.667. The molecule has 1 aliphatic heterocycles. The van der Waals surface area contributed by atoms with Crippen molar-refractivity contribution in [3.8, 4) is 0 Å². The molecule has 5 heteroatoms. The quantitative estimate of drug-likeness (QED) is 0.465. The van der Waals surface area contributed by atoms with Crippen LogP contribution >= 0.6 is 0 Å². The summed E-state index contributed by atoms with van der Waals surface area (Å²) in [6.07, 6.45) is -0.0784. The second kappa shape index (κ2) is 3.23. The van der Waals surface area contributed by atoms with Crippen LogP contribution in [0.4, 0.5) is 0 Å². The molecule has 0 bridgehead atoms. The van der Waals surface area contributed by atoms with Crippen molar-refractivity contribution < 1.29 is 0 Å². The molecule has 0 aromatic heterocycles. The van der Waals surface area contributed by atoms with Crippen LogP contribution < -0.4 is 16.4 Å². The Morgan fingerprint density at radius 3 is 2.91 bits per heavy atom. The van der Waals surface area contributed by atoms with Crippen LogP contribution in [0.5, 0.6) is 0 Å². The van der Waals surface area contributed by atoms with Crippen LogP contribution in [0.2, 0.25) is 0 Å². The summed E-state index contributed by atoms with van der Waals surface area (Å²) < 4.78 is 0. The van der Waals surface area contributed by atoms with E-state index in [1.165, 1.54) is 0 Å². The molecule has 1 heterocycles. The predicted octanol–water partition coefficient (Wildman–Crippen LogP) is -0.784. The maximum atomic E-state index is 5.46. The minimum atomic E-state index is -0.0784. The maximum Gasteiger partial charge on any atom is 0.200 e. The third kappa shape index (κ3) is 2.10. The molecule has 4 N–H and O–H groups in total. The zero-order chi connectivity index (χ0) is 8.27. The molecule has 0 amide bonds. The molecular weight excluding hydrogens is 142 g/mol. The van der Waals surface area contributed by atoms with Crippen LogP contribution in [0.15, 0.2) is 9.98 Å². The first-order valence-electron chi connectivity index (χ1n) is 3.64. The lowest BCUT2D eigenvalue weighted by atomic mass is 10.5. The molecule has 1 rings (SSSR count). The number of nitrogens with one attached hydrogen (secondary N) is 2. The van der Waals surface area contributed by atoms with E-state index in [1.54, 1.807) is 0 Å². The second-order valence-electron chi connectivity index (χ2n) is 2.28. The Balaban J connectivity index is 2.56. The number of rotatable bonds is 1. The normalized spacial score (nSPS) is 23.3. The molecule has 1 unspecified atom stereocenters. The van der Waals surface area contributed by atoms with Gasteiger partial charge >= 0.3 is 0 Å². The van der Waals surface area contributed by atoms with Gasteiger partial charge in [-0.1, -0.05) is 0 Å². The third-order valence-corrected chi connectivity index (χ3v) is 1.23. The van der Waals surface area contributed by atoms with Crippen LogP contribution in [-0.2, 0) is 0 Å². The Morgan fingerprint density at radius 2 is 2.36 bits per heavy atom. The molecular formula is C6H13N5. The van der Waals surface area contributed by atoms with Gasteiger partial charge in [-0.05, 0) is 13.8 Å². The van der Waals surface area contributed by atoms with Crippen LogP contribution in [0, 0.1) is 0 Å². The zero-order valence-electron chi connectivity index (χ0n) is 6.76. The van der Waals surface area contributed by atoms with E-state index in [0.29, 0.717) is 11.9 Å².